The van der Waals surface area contributed by atoms with Crippen LogP contribution in [-0.2, 0) is 19.4 Å². The summed E-state index contributed by atoms with van der Waals surface area (Å²) in [5.41, 5.74) is 0.534. The second kappa shape index (κ2) is 9.39. The minimum absolute atomic E-state index is 0.0715. The van der Waals surface area contributed by atoms with Gasteiger partial charge in [0.1, 0.15) is 6.04 Å². The molecule has 7 nitrogen and oxygen atoms in total. The zero-order valence-corrected chi connectivity index (χ0v) is 14.7. The van der Waals surface area contributed by atoms with Gasteiger partial charge >= 0.3 is 5.97 Å². The molecule has 1 atom stereocenters. The molecule has 1 unspecified atom stereocenters. The Labute approximate surface area is 142 Å². The molecule has 0 radical (unpaired) electrons. The molecule has 0 aromatic heterocycles. The lowest BCUT2D eigenvalue weighted by molar-refractivity contribution is -0.139. The largest absolute Gasteiger partial charge is 0.480 e. The van der Waals surface area contributed by atoms with Gasteiger partial charge in [-0.15, -0.1) is 0 Å². The molecule has 134 valence electrons. The highest BCUT2D eigenvalue weighted by Gasteiger charge is 2.17. The van der Waals surface area contributed by atoms with E-state index in [0.717, 1.165) is 6.42 Å². The maximum Gasteiger partial charge on any atom is 0.320 e. The van der Waals surface area contributed by atoms with E-state index < -0.39 is 21.8 Å². The van der Waals surface area contributed by atoms with Gasteiger partial charge in [0.15, 0.2) is 9.84 Å². The Hall–Kier alpha value is -1.93. The van der Waals surface area contributed by atoms with Crippen molar-refractivity contribution in [3.8, 4) is 0 Å². The number of nitrogens with one attached hydrogen (secondary N) is 2. The van der Waals surface area contributed by atoms with E-state index in [1.165, 1.54) is 31.2 Å². The molecule has 1 aromatic rings. The molecule has 8 heteroatoms. The average molecular weight is 356 g/mol. The number of sulfone groups is 1. The molecule has 0 bridgehead atoms. The molecule has 0 aliphatic heterocycles. The van der Waals surface area contributed by atoms with Gasteiger partial charge in [-0.1, -0.05) is 13.3 Å². The van der Waals surface area contributed by atoms with Crippen molar-refractivity contribution in [2.45, 2.75) is 44.0 Å². The number of rotatable bonds is 10. The highest BCUT2D eigenvalue weighted by molar-refractivity contribution is 7.91. The summed E-state index contributed by atoms with van der Waals surface area (Å²) in [5, 5.41) is 14.5. The number of hydrogen-bond donors (Lipinski definition) is 3. The van der Waals surface area contributed by atoms with Crippen LogP contribution in [0.2, 0.25) is 0 Å². The molecule has 1 amide bonds. The number of carbonyl (C=O) groups is 2. The van der Waals surface area contributed by atoms with Crippen molar-refractivity contribution in [3.05, 3.63) is 24.3 Å². The maximum atomic E-state index is 12.2. The number of hydrogen-bond acceptors (Lipinski definition) is 5. The van der Waals surface area contributed by atoms with E-state index in [1.807, 2.05) is 6.92 Å². The van der Waals surface area contributed by atoms with Gasteiger partial charge < -0.3 is 15.7 Å². The zero-order valence-electron chi connectivity index (χ0n) is 13.9. The number of aliphatic carboxylic acids is 1. The molecule has 1 rings (SSSR count). The fourth-order valence-corrected chi connectivity index (χ4v) is 3.52. The summed E-state index contributed by atoms with van der Waals surface area (Å²) in [4.78, 5) is 22.1. The second-order valence-electron chi connectivity index (χ2n) is 5.51. The number of carbonyl (C=O) groups excluding carboxylic acids is 1. The van der Waals surface area contributed by atoms with Crippen LogP contribution in [0.1, 0.15) is 33.1 Å². The number of anilines is 1. The maximum absolute atomic E-state index is 12.2. The van der Waals surface area contributed by atoms with Crippen LogP contribution < -0.4 is 10.6 Å². The fourth-order valence-electron chi connectivity index (χ4n) is 2.21. The van der Waals surface area contributed by atoms with Crippen molar-refractivity contribution in [2.75, 3.05) is 17.6 Å². The molecule has 0 saturated heterocycles. The van der Waals surface area contributed by atoms with E-state index in [-0.39, 0.29) is 16.6 Å². The van der Waals surface area contributed by atoms with Crippen LogP contribution in [0.4, 0.5) is 5.69 Å². The number of carboxylic acids is 1. The average Bonchev–Trinajstić information content (AvgIpc) is 2.50. The summed E-state index contributed by atoms with van der Waals surface area (Å²) in [5.74, 6) is -1.22. The first-order valence-corrected chi connectivity index (χ1v) is 9.48. The molecular weight excluding hydrogens is 332 g/mol. The number of benzene rings is 1. The van der Waals surface area contributed by atoms with Crippen LogP contribution in [0.15, 0.2) is 29.2 Å². The molecular formula is C16H24N2O5S. The Bertz CT molecular complexity index is 656. The number of amides is 1. The quantitative estimate of drug-likeness (QED) is 0.550. The van der Waals surface area contributed by atoms with Crippen molar-refractivity contribution in [2.24, 2.45) is 0 Å². The monoisotopic (exact) mass is 356 g/mol. The Morgan fingerprint density at radius 3 is 2.33 bits per heavy atom. The van der Waals surface area contributed by atoms with Crippen LogP contribution in [0.25, 0.3) is 0 Å². The minimum atomic E-state index is -3.44. The van der Waals surface area contributed by atoms with Crippen LogP contribution >= 0.6 is 0 Å². The molecule has 0 fully saturated rings. The highest BCUT2D eigenvalue weighted by Crippen LogP contribution is 2.16. The van der Waals surface area contributed by atoms with Crippen molar-refractivity contribution in [3.63, 3.8) is 0 Å². The third kappa shape index (κ3) is 6.67. The van der Waals surface area contributed by atoms with Gasteiger partial charge in [-0.05, 0) is 43.7 Å². The molecule has 0 aliphatic carbocycles. The lowest BCUT2D eigenvalue weighted by Gasteiger charge is -2.13. The first-order chi connectivity index (χ1) is 11.3. The summed E-state index contributed by atoms with van der Waals surface area (Å²) >= 11 is 0. The molecule has 24 heavy (non-hydrogen) atoms. The predicted octanol–water partition coefficient (Wildman–Crippen LogP) is 1.65. The van der Waals surface area contributed by atoms with Crippen molar-refractivity contribution in [1.82, 2.24) is 5.32 Å². The molecule has 3 N–H and O–H groups in total. The Kier molecular flexibility index (Phi) is 7.87. The van der Waals surface area contributed by atoms with Gasteiger partial charge in [-0.3, -0.25) is 9.59 Å². The van der Waals surface area contributed by atoms with E-state index in [9.17, 15) is 18.0 Å². The summed E-state index contributed by atoms with van der Waals surface area (Å²) in [6.07, 6.45) is 1.57. The topological polar surface area (TPSA) is 113 Å². The smallest absolute Gasteiger partial charge is 0.320 e. The van der Waals surface area contributed by atoms with Gasteiger partial charge in [0.2, 0.25) is 5.91 Å². The first-order valence-electron chi connectivity index (χ1n) is 7.83. The third-order valence-corrected chi connectivity index (χ3v) is 5.21. The van der Waals surface area contributed by atoms with Gasteiger partial charge in [0.05, 0.1) is 10.6 Å². The van der Waals surface area contributed by atoms with E-state index in [4.69, 9.17) is 5.11 Å². The van der Waals surface area contributed by atoms with Crippen molar-refractivity contribution < 1.29 is 23.1 Å². The summed E-state index contributed by atoms with van der Waals surface area (Å²) in [7, 11) is -3.44. The highest BCUT2D eigenvalue weighted by atomic mass is 32.2. The van der Waals surface area contributed by atoms with Crippen LogP contribution in [-0.4, -0.2) is 43.7 Å². The zero-order chi connectivity index (χ0) is 18.2. The lowest BCUT2D eigenvalue weighted by Crippen LogP contribution is -2.37. The molecule has 0 saturated carbocycles. The molecule has 1 aromatic carbocycles. The first kappa shape index (κ1) is 20.1. The van der Waals surface area contributed by atoms with Crippen molar-refractivity contribution >= 4 is 27.4 Å². The minimum Gasteiger partial charge on any atom is -0.480 e. The molecule has 0 spiro atoms. The summed E-state index contributed by atoms with van der Waals surface area (Å²) < 4.78 is 24.5. The van der Waals surface area contributed by atoms with E-state index >= 15 is 0 Å². The number of carboxylic acid groups (broad SMARTS) is 1. The van der Waals surface area contributed by atoms with Crippen LogP contribution in [0.5, 0.6) is 0 Å². The van der Waals surface area contributed by atoms with Gasteiger partial charge in [0.25, 0.3) is 0 Å². The van der Waals surface area contributed by atoms with Crippen LogP contribution in [0.3, 0.4) is 0 Å². The van der Waals surface area contributed by atoms with E-state index in [2.05, 4.69) is 10.6 Å². The second-order valence-corrected chi connectivity index (χ2v) is 7.62. The van der Waals surface area contributed by atoms with Crippen molar-refractivity contribution in [1.29, 1.82) is 0 Å². The fraction of sp³-hybridized carbons (Fsp3) is 0.500. The SMILES string of the molecule is CCCC(NCCCS(=O)(=O)c1ccc(NC(C)=O)cc1)C(=O)O. The Morgan fingerprint density at radius 2 is 1.83 bits per heavy atom. The van der Waals surface area contributed by atoms with Gasteiger partial charge in [-0.25, -0.2) is 8.42 Å². The molecule has 0 heterocycles. The summed E-state index contributed by atoms with van der Waals surface area (Å²) in [6, 6.07) is 5.33. The normalized spacial score (nSPS) is 12.6. The van der Waals surface area contributed by atoms with Gasteiger partial charge in [-0.2, -0.15) is 0 Å². The predicted molar refractivity (Wildman–Crippen MR) is 91.8 cm³/mol. The summed E-state index contributed by atoms with van der Waals surface area (Å²) in [6.45, 7) is 3.59. The Balaban J connectivity index is 2.54. The van der Waals surface area contributed by atoms with Crippen LogP contribution in [0, 0.1) is 0 Å². The Morgan fingerprint density at radius 1 is 1.21 bits per heavy atom. The van der Waals surface area contributed by atoms with E-state index in [1.54, 1.807) is 0 Å². The van der Waals surface area contributed by atoms with Gasteiger partial charge in [0, 0.05) is 12.6 Å². The third-order valence-electron chi connectivity index (χ3n) is 3.39. The lowest BCUT2D eigenvalue weighted by atomic mass is 10.1. The standard InChI is InChI=1S/C16H24N2O5S/c1-3-5-15(16(20)21)17-10-4-11-24(22,23)14-8-6-13(7-9-14)18-12(2)19/h6-9,15,17H,3-5,10-11H2,1-2H3,(H,18,19)(H,20,21). The molecule has 0 aliphatic rings. The van der Waals surface area contributed by atoms with E-state index in [0.29, 0.717) is 25.1 Å².